The molecule has 2 unspecified atom stereocenters. The molecule has 1 aromatic rings. The van der Waals surface area contributed by atoms with Crippen LogP contribution in [0.4, 0.5) is 0 Å². The number of carbonyl (C=O) groups is 1. The Bertz CT molecular complexity index is 458. The van der Waals surface area contributed by atoms with Crippen molar-refractivity contribution >= 4 is 28.9 Å². The minimum atomic E-state index is -0.762. The van der Waals surface area contributed by atoms with E-state index in [4.69, 9.17) is 11.6 Å². The van der Waals surface area contributed by atoms with E-state index in [1.807, 2.05) is 19.9 Å². The van der Waals surface area contributed by atoms with Gasteiger partial charge in [-0.1, -0.05) is 25.4 Å². The largest absolute Gasteiger partial charge is 0.480 e. The Balaban J connectivity index is 2.12. The van der Waals surface area contributed by atoms with E-state index >= 15 is 0 Å². The number of carboxylic acids is 1. The molecule has 19 heavy (non-hydrogen) atoms. The molecular weight excluding hydrogens is 282 g/mol. The molecular formula is C14H20ClNO2S. The second-order valence-corrected chi connectivity index (χ2v) is 7.33. The highest BCUT2D eigenvalue weighted by molar-refractivity contribution is 7.16. The van der Waals surface area contributed by atoms with Gasteiger partial charge in [0.1, 0.15) is 6.04 Å². The van der Waals surface area contributed by atoms with E-state index in [9.17, 15) is 9.90 Å². The summed E-state index contributed by atoms with van der Waals surface area (Å²) in [6.07, 6.45) is 3.79. The fourth-order valence-electron chi connectivity index (χ4n) is 2.65. The van der Waals surface area contributed by atoms with Gasteiger partial charge in [-0.15, -0.1) is 11.3 Å². The van der Waals surface area contributed by atoms with Crippen molar-refractivity contribution in [1.29, 1.82) is 0 Å². The molecule has 0 amide bonds. The number of hydrogen-bond donors (Lipinski definition) is 2. The Morgan fingerprint density at radius 3 is 3.00 bits per heavy atom. The first-order valence-electron chi connectivity index (χ1n) is 6.74. The Morgan fingerprint density at radius 2 is 2.37 bits per heavy atom. The van der Waals surface area contributed by atoms with Crippen molar-refractivity contribution in [1.82, 2.24) is 5.32 Å². The standard InChI is InChI=1S/C14H20ClNO2S/c1-8(2)6-11(14(17)18)16-10-4-3-5-12-9(10)7-13(15)19-12/h7-8,10-11,16H,3-6H2,1-2H3,(H,17,18). The second-order valence-electron chi connectivity index (χ2n) is 5.56. The summed E-state index contributed by atoms with van der Waals surface area (Å²) in [5.41, 5.74) is 1.20. The van der Waals surface area contributed by atoms with Crippen LogP contribution in [0.3, 0.4) is 0 Å². The second kappa shape index (κ2) is 6.25. The Hall–Kier alpha value is -0.580. The maximum atomic E-state index is 11.3. The van der Waals surface area contributed by atoms with Crippen LogP contribution >= 0.6 is 22.9 Å². The van der Waals surface area contributed by atoms with Gasteiger partial charge < -0.3 is 5.11 Å². The number of fused-ring (bicyclic) bond motifs is 1. The number of thiophene rings is 1. The van der Waals surface area contributed by atoms with E-state index in [-0.39, 0.29) is 6.04 Å². The minimum Gasteiger partial charge on any atom is -0.480 e. The molecule has 1 aromatic heterocycles. The van der Waals surface area contributed by atoms with Crippen molar-refractivity contribution in [3.63, 3.8) is 0 Å². The topological polar surface area (TPSA) is 49.3 Å². The summed E-state index contributed by atoms with van der Waals surface area (Å²) in [7, 11) is 0. The summed E-state index contributed by atoms with van der Waals surface area (Å²) in [5.74, 6) is -0.398. The van der Waals surface area contributed by atoms with E-state index < -0.39 is 12.0 Å². The van der Waals surface area contributed by atoms with Gasteiger partial charge in [0.25, 0.3) is 0 Å². The summed E-state index contributed by atoms with van der Waals surface area (Å²) < 4.78 is 0.800. The number of hydrogen-bond acceptors (Lipinski definition) is 3. The molecule has 0 saturated heterocycles. The van der Waals surface area contributed by atoms with Crippen molar-refractivity contribution in [3.8, 4) is 0 Å². The maximum absolute atomic E-state index is 11.3. The lowest BCUT2D eigenvalue weighted by molar-refractivity contribution is -0.140. The third-order valence-corrected chi connectivity index (χ3v) is 4.83. The van der Waals surface area contributed by atoms with Crippen LogP contribution in [0.5, 0.6) is 0 Å². The number of aliphatic carboxylic acids is 1. The van der Waals surface area contributed by atoms with Gasteiger partial charge in [-0.3, -0.25) is 10.1 Å². The first-order chi connectivity index (χ1) is 8.97. The van der Waals surface area contributed by atoms with Gasteiger partial charge in [0, 0.05) is 10.9 Å². The summed E-state index contributed by atoms with van der Waals surface area (Å²) in [5, 5.41) is 12.6. The van der Waals surface area contributed by atoms with Crippen molar-refractivity contribution in [3.05, 3.63) is 20.8 Å². The molecule has 0 fully saturated rings. The first kappa shape index (κ1) is 14.8. The van der Waals surface area contributed by atoms with Crippen molar-refractivity contribution in [2.24, 2.45) is 5.92 Å². The molecule has 1 heterocycles. The lowest BCUT2D eigenvalue weighted by atomic mass is 9.92. The number of aryl methyl sites for hydroxylation is 1. The fourth-order valence-corrected chi connectivity index (χ4v) is 4.03. The molecule has 0 saturated carbocycles. The van der Waals surface area contributed by atoms with E-state index in [2.05, 4.69) is 5.32 Å². The smallest absolute Gasteiger partial charge is 0.320 e. The molecule has 2 N–H and O–H groups in total. The molecule has 1 aliphatic carbocycles. The average Bonchev–Trinajstić information content (AvgIpc) is 2.68. The lowest BCUT2D eigenvalue weighted by Gasteiger charge is -2.27. The zero-order chi connectivity index (χ0) is 14.0. The third kappa shape index (κ3) is 3.71. The zero-order valence-electron chi connectivity index (χ0n) is 11.3. The molecule has 0 spiro atoms. The SMILES string of the molecule is CC(C)CC(NC1CCCc2sc(Cl)cc21)C(=O)O. The molecule has 3 nitrogen and oxygen atoms in total. The van der Waals surface area contributed by atoms with Gasteiger partial charge in [0.2, 0.25) is 0 Å². The van der Waals surface area contributed by atoms with Crippen molar-refractivity contribution < 1.29 is 9.90 Å². The lowest BCUT2D eigenvalue weighted by Crippen LogP contribution is -2.40. The van der Waals surface area contributed by atoms with E-state index in [0.717, 1.165) is 23.6 Å². The highest BCUT2D eigenvalue weighted by Crippen LogP contribution is 2.38. The Labute approximate surface area is 123 Å². The van der Waals surface area contributed by atoms with Crippen LogP contribution in [0, 0.1) is 5.92 Å². The normalized spacial score (nSPS) is 20.3. The van der Waals surface area contributed by atoms with Crippen LogP contribution in [0.15, 0.2) is 6.07 Å². The van der Waals surface area contributed by atoms with Crippen molar-refractivity contribution in [2.75, 3.05) is 0 Å². The van der Waals surface area contributed by atoms with Crippen LogP contribution in [-0.2, 0) is 11.2 Å². The van der Waals surface area contributed by atoms with E-state index in [1.165, 1.54) is 10.4 Å². The monoisotopic (exact) mass is 301 g/mol. The molecule has 2 rings (SSSR count). The highest BCUT2D eigenvalue weighted by Gasteiger charge is 2.28. The van der Waals surface area contributed by atoms with Crippen molar-refractivity contribution in [2.45, 2.75) is 51.6 Å². The summed E-state index contributed by atoms with van der Waals surface area (Å²) >= 11 is 7.70. The quantitative estimate of drug-likeness (QED) is 0.868. The van der Waals surface area contributed by atoms with Gasteiger partial charge >= 0.3 is 5.97 Å². The maximum Gasteiger partial charge on any atom is 0.320 e. The zero-order valence-corrected chi connectivity index (χ0v) is 12.9. The van der Waals surface area contributed by atoms with Gasteiger partial charge in [-0.05, 0) is 43.2 Å². The third-order valence-electron chi connectivity index (χ3n) is 3.49. The molecule has 0 aliphatic heterocycles. The molecule has 0 bridgehead atoms. The van der Waals surface area contributed by atoms with Crippen LogP contribution in [0.25, 0.3) is 0 Å². The fraction of sp³-hybridized carbons (Fsp3) is 0.643. The predicted molar refractivity (Wildman–Crippen MR) is 79.0 cm³/mol. The van der Waals surface area contributed by atoms with Gasteiger partial charge in [0.15, 0.2) is 0 Å². The summed E-state index contributed by atoms with van der Waals surface area (Å²) in [6, 6.07) is 1.65. The van der Waals surface area contributed by atoms with Gasteiger partial charge in [0.05, 0.1) is 4.34 Å². The molecule has 0 aromatic carbocycles. The number of rotatable bonds is 5. The van der Waals surface area contributed by atoms with Crippen LogP contribution < -0.4 is 5.32 Å². The molecule has 5 heteroatoms. The number of halogens is 1. The van der Waals surface area contributed by atoms with Crippen LogP contribution in [-0.4, -0.2) is 17.1 Å². The number of carboxylic acid groups (broad SMARTS) is 1. The Morgan fingerprint density at radius 1 is 1.63 bits per heavy atom. The predicted octanol–water partition coefficient (Wildman–Crippen LogP) is 3.87. The molecule has 2 atom stereocenters. The highest BCUT2D eigenvalue weighted by atomic mass is 35.5. The van der Waals surface area contributed by atoms with Gasteiger partial charge in [-0.25, -0.2) is 0 Å². The van der Waals surface area contributed by atoms with Gasteiger partial charge in [-0.2, -0.15) is 0 Å². The first-order valence-corrected chi connectivity index (χ1v) is 7.93. The summed E-state index contributed by atoms with van der Waals surface area (Å²) in [6.45, 7) is 4.09. The summed E-state index contributed by atoms with van der Waals surface area (Å²) in [4.78, 5) is 12.6. The molecule has 106 valence electrons. The van der Waals surface area contributed by atoms with Crippen LogP contribution in [0.1, 0.15) is 49.6 Å². The van der Waals surface area contributed by atoms with Crippen LogP contribution in [0.2, 0.25) is 4.34 Å². The Kier molecular flexibility index (Phi) is 4.87. The number of nitrogens with one attached hydrogen (secondary N) is 1. The average molecular weight is 302 g/mol. The molecule has 0 radical (unpaired) electrons. The molecule has 1 aliphatic rings. The minimum absolute atomic E-state index is 0.132. The van der Waals surface area contributed by atoms with E-state index in [1.54, 1.807) is 11.3 Å². The van der Waals surface area contributed by atoms with E-state index in [0.29, 0.717) is 12.3 Å².